The van der Waals surface area contributed by atoms with Gasteiger partial charge in [-0.25, -0.2) is 9.31 Å². The minimum absolute atomic E-state index is 0.0770. The van der Waals surface area contributed by atoms with Gasteiger partial charge < -0.3 is 10.2 Å². The predicted octanol–water partition coefficient (Wildman–Crippen LogP) is 4.57. The fraction of sp³-hybridized carbons (Fsp3) is 0.545. The number of hydrogen-bond acceptors (Lipinski definition) is 6. The summed E-state index contributed by atoms with van der Waals surface area (Å²) in [4.78, 5) is 15.6. The summed E-state index contributed by atoms with van der Waals surface area (Å²) in [7, 11) is 1.77. The van der Waals surface area contributed by atoms with E-state index in [2.05, 4.69) is 21.4 Å². The number of carbonyl (C=O) groups is 1. The molecule has 1 saturated heterocycles. The van der Waals surface area contributed by atoms with Crippen molar-refractivity contribution in [3.05, 3.63) is 45.7 Å². The highest BCUT2D eigenvalue weighted by Crippen LogP contribution is 2.37. The van der Waals surface area contributed by atoms with Gasteiger partial charge in [-0.15, -0.1) is 0 Å². The number of nitrogens with one attached hydrogen (secondary N) is 1. The fourth-order valence-electron chi connectivity index (χ4n) is 3.64. The number of piperazine rings is 1. The molecule has 1 heterocycles. The Morgan fingerprint density at radius 1 is 1.30 bits per heavy atom. The van der Waals surface area contributed by atoms with Gasteiger partial charge >= 0.3 is 6.18 Å². The number of hydrogen-bond donors (Lipinski definition) is 1. The minimum atomic E-state index is -4.49. The van der Waals surface area contributed by atoms with Crippen LogP contribution in [0.3, 0.4) is 0 Å². The van der Waals surface area contributed by atoms with Crippen LogP contribution in [0.4, 0.5) is 13.2 Å². The van der Waals surface area contributed by atoms with Gasteiger partial charge in [0.05, 0.1) is 12.1 Å². The number of hydrazone groups is 1. The van der Waals surface area contributed by atoms with E-state index in [9.17, 15) is 18.0 Å². The molecule has 0 atom stereocenters. The van der Waals surface area contributed by atoms with Crippen molar-refractivity contribution in [2.24, 2.45) is 5.10 Å². The van der Waals surface area contributed by atoms with Crippen LogP contribution in [0.1, 0.15) is 37.3 Å². The van der Waals surface area contributed by atoms with Crippen molar-refractivity contribution >= 4 is 36.2 Å². The van der Waals surface area contributed by atoms with Crippen molar-refractivity contribution in [1.82, 2.24) is 19.5 Å². The van der Waals surface area contributed by atoms with Gasteiger partial charge in [0.2, 0.25) is 0 Å². The number of rotatable bonds is 9. The molecule has 2 aliphatic rings. The second-order valence-corrected chi connectivity index (χ2v) is 9.76. The van der Waals surface area contributed by atoms with Gasteiger partial charge in [0.25, 0.3) is 5.91 Å². The molecule has 1 aliphatic carbocycles. The summed E-state index contributed by atoms with van der Waals surface area (Å²) >= 11 is 8.01. The Morgan fingerprint density at radius 3 is 2.45 bits per heavy atom. The maximum Gasteiger partial charge on any atom is 0.416 e. The summed E-state index contributed by atoms with van der Waals surface area (Å²) in [5, 5.41) is 8.80. The number of carbonyl (C=O) groups excluding carboxylic acids is 1. The van der Waals surface area contributed by atoms with Crippen molar-refractivity contribution in [2.45, 2.75) is 44.2 Å². The second kappa shape index (κ2) is 11.0. The molecule has 0 spiro atoms. The lowest BCUT2D eigenvalue weighted by Crippen LogP contribution is -2.47. The molecule has 0 radical (unpaired) electrons. The van der Waals surface area contributed by atoms with Crippen LogP contribution in [-0.2, 0) is 17.5 Å². The molecule has 3 rings (SSSR count). The van der Waals surface area contributed by atoms with E-state index >= 15 is 0 Å². The Morgan fingerprint density at radius 2 is 1.97 bits per heavy atom. The predicted molar refractivity (Wildman–Crippen MR) is 127 cm³/mol. The maximum atomic E-state index is 13.6. The lowest BCUT2D eigenvalue weighted by atomic mass is 10.1. The van der Waals surface area contributed by atoms with Gasteiger partial charge in [0, 0.05) is 55.9 Å². The Kier molecular flexibility index (Phi) is 8.58. The van der Waals surface area contributed by atoms with E-state index in [1.165, 1.54) is 18.9 Å². The minimum Gasteiger partial charge on any atom is -0.390 e. The van der Waals surface area contributed by atoms with E-state index in [1.807, 2.05) is 23.8 Å². The lowest BCUT2D eigenvalue weighted by molar-refractivity contribution is -0.137. The summed E-state index contributed by atoms with van der Waals surface area (Å²) < 4.78 is 41.2. The Balaban J connectivity index is 1.78. The van der Waals surface area contributed by atoms with E-state index in [0.717, 1.165) is 41.2 Å². The van der Waals surface area contributed by atoms with Crippen LogP contribution in [0.25, 0.3) is 0 Å². The second-order valence-electron chi connectivity index (χ2n) is 7.96. The van der Waals surface area contributed by atoms with Crippen LogP contribution in [0.5, 0.6) is 0 Å². The monoisotopic (exact) mass is 503 g/mol. The molecule has 6 nitrogen and oxygen atoms in total. The largest absolute Gasteiger partial charge is 0.416 e. The average molecular weight is 504 g/mol. The van der Waals surface area contributed by atoms with E-state index in [1.54, 1.807) is 7.05 Å². The van der Waals surface area contributed by atoms with Crippen LogP contribution in [-0.4, -0.2) is 65.3 Å². The van der Waals surface area contributed by atoms with Gasteiger partial charge in [0.15, 0.2) is 0 Å². The normalized spacial score (nSPS) is 18.1. The van der Waals surface area contributed by atoms with Gasteiger partial charge in [-0.1, -0.05) is 36.5 Å². The van der Waals surface area contributed by atoms with Crippen molar-refractivity contribution in [2.75, 3.05) is 33.2 Å². The molecule has 1 saturated carbocycles. The molecule has 33 heavy (non-hydrogen) atoms. The van der Waals surface area contributed by atoms with Crippen molar-refractivity contribution in [3.63, 3.8) is 0 Å². The Hall–Kier alpha value is -1.91. The molecule has 1 aliphatic heterocycles. The summed E-state index contributed by atoms with van der Waals surface area (Å²) in [6, 6.07) is 3.08. The highest BCUT2D eigenvalue weighted by Gasteiger charge is 2.33. The number of amides is 1. The summed E-state index contributed by atoms with van der Waals surface area (Å²) in [5.41, 5.74) is 0.798. The highest BCUT2D eigenvalue weighted by molar-refractivity contribution is 7.97. The Labute approximate surface area is 201 Å². The summed E-state index contributed by atoms with van der Waals surface area (Å²) in [5.74, 6) is -0.365. The van der Waals surface area contributed by atoms with Gasteiger partial charge in [0.1, 0.15) is 5.70 Å². The fourth-order valence-corrected chi connectivity index (χ4v) is 5.02. The van der Waals surface area contributed by atoms with Gasteiger partial charge in [-0.3, -0.25) is 4.79 Å². The highest BCUT2D eigenvalue weighted by atomic mass is 35.5. The summed E-state index contributed by atoms with van der Waals surface area (Å²) in [6.07, 6.45) is -1.35. The molecule has 182 valence electrons. The molecular formula is C22H29ClF3N5OS. The average Bonchev–Trinajstić information content (AvgIpc) is 3.60. The van der Waals surface area contributed by atoms with E-state index in [-0.39, 0.29) is 17.5 Å². The number of benzene rings is 1. The number of alkyl halides is 3. The van der Waals surface area contributed by atoms with E-state index < -0.39 is 11.7 Å². The number of nitrogens with zero attached hydrogens (tertiary/aromatic N) is 4. The molecule has 1 aromatic carbocycles. The van der Waals surface area contributed by atoms with Gasteiger partial charge in [-0.05, 0) is 37.0 Å². The zero-order valence-electron chi connectivity index (χ0n) is 18.8. The molecular weight excluding hydrogens is 475 g/mol. The molecule has 0 aromatic heterocycles. The third-order valence-electron chi connectivity index (χ3n) is 5.63. The third kappa shape index (κ3) is 6.58. The molecule has 1 N–H and O–H groups in total. The number of halogens is 4. The molecule has 0 unspecified atom stereocenters. The maximum absolute atomic E-state index is 13.6. The molecule has 0 bridgehead atoms. The van der Waals surface area contributed by atoms with Crippen LogP contribution in [0, 0.1) is 0 Å². The lowest BCUT2D eigenvalue weighted by Gasteiger charge is -2.37. The van der Waals surface area contributed by atoms with Crippen LogP contribution < -0.4 is 5.32 Å². The molecule has 1 aromatic rings. The molecule has 2 fully saturated rings. The van der Waals surface area contributed by atoms with E-state index in [0.29, 0.717) is 30.8 Å². The SMILES string of the molecule is C=NN(Cc1ccc(C(F)(F)F)cc1Cl)C(=O)/C(=C(/CC)NC)N1CCN(SC2CC2)CC1. The van der Waals surface area contributed by atoms with Crippen molar-refractivity contribution in [1.29, 1.82) is 0 Å². The first-order valence-corrected chi connectivity index (χ1v) is 12.1. The van der Waals surface area contributed by atoms with E-state index in [4.69, 9.17) is 11.6 Å². The summed E-state index contributed by atoms with van der Waals surface area (Å²) in [6.45, 7) is 8.45. The van der Waals surface area contributed by atoms with Crippen LogP contribution >= 0.6 is 23.5 Å². The molecule has 1 amide bonds. The third-order valence-corrected chi connectivity index (χ3v) is 7.41. The molecule has 11 heteroatoms. The Bertz CT molecular complexity index is 893. The van der Waals surface area contributed by atoms with Gasteiger partial charge in [-0.2, -0.15) is 18.3 Å². The van der Waals surface area contributed by atoms with Crippen molar-refractivity contribution < 1.29 is 18.0 Å². The van der Waals surface area contributed by atoms with Crippen molar-refractivity contribution in [3.8, 4) is 0 Å². The zero-order valence-corrected chi connectivity index (χ0v) is 20.4. The quantitative estimate of drug-likeness (QED) is 0.231. The standard InChI is InChI=1S/C22H29ClF3N5OS/c1-4-19(27-2)20(29-9-11-30(12-10-29)33-17-7-8-17)21(32)31(28-3)14-15-5-6-16(13-18(15)23)22(24,25)26/h5-6,13,17,27H,3-4,7-12,14H2,1-2H3/b20-19+. The number of allylic oxidation sites excluding steroid dienone is 1. The first-order valence-electron chi connectivity index (χ1n) is 10.9. The first-order chi connectivity index (χ1) is 15.7. The first kappa shape index (κ1) is 25.7. The zero-order chi connectivity index (χ0) is 24.2. The van der Waals surface area contributed by atoms with Crippen LogP contribution in [0.2, 0.25) is 5.02 Å². The smallest absolute Gasteiger partial charge is 0.390 e. The topological polar surface area (TPSA) is 51.2 Å². The van der Waals surface area contributed by atoms with Crippen LogP contribution in [0.15, 0.2) is 34.7 Å².